The third-order valence-corrected chi connectivity index (χ3v) is 4.30. The fraction of sp³-hybridized carbons (Fsp3) is 0.400. The maximum absolute atomic E-state index is 12.2. The molecule has 2 unspecified atom stereocenters. The van der Waals surface area contributed by atoms with Crippen LogP contribution in [0.3, 0.4) is 0 Å². The van der Waals surface area contributed by atoms with E-state index in [1.165, 1.54) is 0 Å². The first-order valence-corrected chi connectivity index (χ1v) is 7.72. The van der Waals surface area contributed by atoms with Gasteiger partial charge in [-0.25, -0.2) is 0 Å². The van der Waals surface area contributed by atoms with Crippen molar-refractivity contribution in [3.63, 3.8) is 0 Å². The molecular formula is C15H18BrClN2O3. The van der Waals surface area contributed by atoms with E-state index in [2.05, 4.69) is 26.6 Å². The highest BCUT2D eigenvalue weighted by Crippen LogP contribution is 2.29. The second kappa shape index (κ2) is 7.46. The van der Waals surface area contributed by atoms with Crippen molar-refractivity contribution in [2.45, 2.75) is 6.10 Å². The predicted octanol–water partition coefficient (Wildman–Crippen LogP) is 1.34. The standard InChI is InChI=1S/C15H17BrN2O3.ClH/c16-12-1-2-14-9(4-12)3-10(8-21-14)15(20)18-6-11-5-17-7-13(11)19;/h1-4,11,13,17,19H,5-8H2,(H,18,20);1H. The van der Waals surface area contributed by atoms with E-state index in [1.54, 1.807) is 0 Å². The van der Waals surface area contributed by atoms with Crippen molar-refractivity contribution in [1.29, 1.82) is 0 Å². The topological polar surface area (TPSA) is 70.6 Å². The van der Waals surface area contributed by atoms with Gasteiger partial charge in [-0.05, 0) is 24.3 Å². The molecule has 2 aliphatic rings. The quantitative estimate of drug-likeness (QED) is 0.730. The van der Waals surface area contributed by atoms with Crippen LogP contribution in [-0.2, 0) is 4.79 Å². The number of hydrogen-bond acceptors (Lipinski definition) is 4. The van der Waals surface area contributed by atoms with Crippen LogP contribution in [0.25, 0.3) is 6.08 Å². The smallest absolute Gasteiger partial charge is 0.250 e. The van der Waals surface area contributed by atoms with Crippen LogP contribution < -0.4 is 15.4 Å². The lowest BCUT2D eigenvalue weighted by molar-refractivity contribution is -0.118. The number of aliphatic hydroxyl groups excluding tert-OH is 1. The summed E-state index contributed by atoms with van der Waals surface area (Å²) in [4.78, 5) is 12.2. The summed E-state index contributed by atoms with van der Waals surface area (Å²) >= 11 is 3.41. The second-order valence-electron chi connectivity index (χ2n) is 5.34. The highest BCUT2D eigenvalue weighted by molar-refractivity contribution is 9.10. The van der Waals surface area contributed by atoms with Crippen molar-refractivity contribution in [3.05, 3.63) is 33.8 Å². The molecule has 0 aromatic heterocycles. The minimum atomic E-state index is -0.390. The fourth-order valence-electron chi connectivity index (χ4n) is 2.54. The van der Waals surface area contributed by atoms with Crippen LogP contribution in [0.5, 0.6) is 5.75 Å². The van der Waals surface area contributed by atoms with Gasteiger partial charge in [-0.3, -0.25) is 4.79 Å². The normalized spacial score (nSPS) is 22.9. The van der Waals surface area contributed by atoms with E-state index in [1.807, 2.05) is 24.3 Å². The summed E-state index contributed by atoms with van der Waals surface area (Å²) in [6, 6.07) is 5.71. The lowest BCUT2D eigenvalue weighted by atomic mass is 10.1. The molecule has 0 spiro atoms. The molecule has 1 saturated heterocycles. The van der Waals surface area contributed by atoms with Crippen molar-refractivity contribution in [2.75, 3.05) is 26.2 Å². The number of β-amino-alcohol motifs (C(OH)–C–C–N with tert-alkyl or cyclic N) is 1. The van der Waals surface area contributed by atoms with E-state index in [0.29, 0.717) is 18.7 Å². The molecule has 1 aromatic rings. The zero-order valence-electron chi connectivity index (χ0n) is 11.8. The molecule has 2 aliphatic heterocycles. The zero-order valence-corrected chi connectivity index (χ0v) is 14.2. The van der Waals surface area contributed by atoms with Gasteiger partial charge in [0.05, 0.1) is 11.7 Å². The molecule has 1 fully saturated rings. The molecule has 0 saturated carbocycles. The van der Waals surface area contributed by atoms with Gasteiger partial charge in [0.2, 0.25) is 0 Å². The number of fused-ring (bicyclic) bond motifs is 1. The fourth-order valence-corrected chi connectivity index (χ4v) is 2.92. The van der Waals surface area contributed by atoms with Gasteiger partial charge in [0.1, 0.15) is 12.4 Å². The van der Waals surface area contributed by atoms with Gasteiger partial charge in [0.15, 0.2) is 0 Å². The first-order chi connectivity index (χ1) is 10.1. The minimum absolute atomic E-state index is 0. The van der Waals surface area contributed by atoms with Crippen LogP contribution in [0.2, 0.25) is 0 Å². The van der Waals surface area contributed by atoms with Crippen molar-refractivity contribution in [2.24, 2.45) is 5.92 Å². The molecule has 2 atom stereocenters. The molecule has 2 heterocycles. The SMILES string of the molecule is Cl.O=C(NCC1CNCC1O)C1=Cc2cc(Br)ccc2OC1. The summed E-state index contributed by atoms with van der Waals surface area (Å²) in [7, 11) is 0. The molecule has 7 heteroatoms. The van der Waals surface area contributed by atoms with Crippen molar-refractivity contribution >= 4 is 40.3 Å². The van der Waals surface area contributed by atoms with E-state index < -0.39 is 6.10 Å². The molecule has 0 radical (unpaired) electrons. The Labute approximate surface area is 143 Å². The lowest BCUT2D eigenvalue weighted by Crippen LogP contribution is -2.36. The van der Waals surface area contributed by atoms with E-state index in [0.717, 1.165) is 22.3 Å². The Kier molecular flexibility index (Phi) is 5.86. The molecule has 5 nitrogen and oxygen atoms in total. The summed E-state index contributed by atoms with van der Waals surface area (Å²) < 4.78 is 6.54. The third-order valence-electron chi connectivity index (χ3n) is 3.81. The number of nitrogens with one attached hydrogen (secondary N) is 2. The van der Waals surface area contributed by atoms with Crippen LogP contribution in [0, 0.1) is 5.92 Å². The monoisotopic (exact) mass is 388 g/mol. The number of halogens is 2. The van der Waals surface area contributed by atoms with Gasteiger partial charge in [0.25, 0.3) is 5.91 Å². The summed E-state index contributed by atoms with van der Waals surface area (Å²) in [5, 5.41) is 15.7. The zero-order chi connectivity index (χ0) is 14.8. The summed E-state index contributed by atoms with van der Waals surface area (Å²) in [5.41, 5.74) is 1.49. The number of amides is 1. The number of carbonyl (C=O) groups is 1. The van der Waals surface area contributed by atoms with Crippen molar-refractivity contribution in [3.8, 4) is 5.75 Å². The number of carbonyl (C=O) groups excluding carboxylic acids is 1. The predicted molar refractivity (Wildman–Crippen MR) is 90.2 cm³/mol. The Hall–Kier alpha value is -1.08. The lowest BCUT2D eigenvalue weighted by Gasteiger charge is -2.19. The Bertz CT molecular complexity index is 594. The highest BCUT2D eigenvalue weighted by atomic mass is 79.9. The van der Waals surface area contributed by atoms with E-state index in [4.69, 9.17) is 4.74 Å². The first kappa shape index (κ1) is 17.3. The highest BCUT2D eigenvalue weighted by Gasteiger charge is 2.26. The minimum Gasteiger partial charge on any atom is -0.488 e. The average Bonchev–Trinajstić information content (AvgIpc) is 2.89. The average molecular weight is 390 g/mol. The van der Waals surface area contributed by atoms with Gasteiger partial charge in [0, 0.05) is 35.6 Å². The van der Waals surface area contributed by atoms with Gasteiger partial charge < -0.3 is 20.5 Å². The molecule has 1 aromatic carbocycles. The molecule has 1 amide bonds. The molecule has 3 rings (SSSR count). The van der Waals surface area contributed by atoms with Crippen LogP contribution >= 0.6 is 28.3 Å². The molecule has 22 heavy (non-hydrogen) atoms. The number of hydrogen-bond donors (Lipinski definition) is 3. The van der Waals surface area contributed by atoms with Gasteiger partial charge in [-0.2, -0.15) is 0 Å². The maximum atomic E-state index is 12.2. The largest absolute Gasteiger partial charge is 0.488 e. The van der Waals surface area contributed by atoms with Crippen molar-refractivity contribution in [1.82, 2.24) is 10.6 Å². The maximum Gasteiger partial charge on any atom is 0.250 e. The molecule has 3 N–H and O–H groups in total. The number of aliphatic hydroxyl groups is 1. The van der Waals surface area contributed by atoms with E-state index in [9.17, 15) is 9.90 Å². The molecular weight excluding hydrogens is 372 g/mol. The molecule has 120 valence electrons. The van der Waals surface area contributed by atoms with Crippen LogP contribution in [0.1, 0.15) is 5.56 Å². The number of ether oxygens (including phenoxy) is 1. The van der Waals surface area contributed by atoms with Gasteiger partial charge in [-0.15, -0.1) is 12.4 Å². The van der Waals surface area contributed by atoms with Crippen LogP contribution in [-0.4, -0.2) is 43.4 Å². The van der Waals surface area contributed by atoms with E-state index >= 15 is 0 Å². The number of rotatable bonds is 3. The Morgan fingerprint density at radius 1 is 1.45 bits per heavy atom. The van der Waals surface area contributed by atoms with Crippen molar-refractivity contribution < 1.29 is 14.6 Å². The van der Waals surface area contributed by atoms with Crippen LogP contribution in [0.4, 0.5) is 0 Å². The van der Waals surface area contributed by atoms with Gasteiger partial charge in [-0.1, -0.05) is 15.9 Å². The van der Waals surface area contributed by atoms with E-state index in [-0.39, 0.29) is 30.8 Å². The molecule has 0 bridgehead atoms. The van der Waals surface area contributed by atoms with Crippen LogP contribution in [0.15, 0.2) is 28.2 Å². The first-order valence-electron chi connectivity index (χ1n) is 6.93. The number of benzene rings is 1. The summed E-state index contributed by atoms with van der Waals surface area (Å²) in [6.45, 7) is 2.06. The Morgan fingerprint density at radius 2 is 2.27 bits per heavy atom. The second-order valence-corrected chi connectivity index (χ2v) is 6.25. The Morgan fingerprint density at radius 3 is 3.00 bits per heavy atom. The van der Waals surface area contributed by atoms with Gasteiger partial charge >= 0.3 is 0 Å². The third kappa shape index (κ3) is 3.81. The summed E-state index contributed by atoms with van der Waals surface area (Å²) in [5.74, 6) is 0.713. The summed E-state index contributed by atoms with van der Waals surface area (Å²) in [6.07, 6.45) is 1.46. The molecule has 0 aliphatic carbocycles. The Balaban J connectivity index is 0.00000176.